The Kier molecular flexibility index (Phi) is 4.40. The van der Waals surface area contributed by atoms with Gasteiger partial charge in [0.2, 0.25) is 5.91 Å². The van der Waals surface area contributed by atoms with Crippen LogP contribution < -0.4 is 10.2 Å². The van der Waals surface area contributed by atoms with Crippen molar-refractivity contribution in [2.75, 3.05) is 43.6 Å². The zero-order valence-electron chi connectivity index (χ0n) is 12.7. The van der Waals surface area contributed by atoms with Crippen molar-refractivity contribution in [3.63, 3.8) is 0 Å². The average molecular weight is 303 g/mol. The third-order valence-corrected chi connectivity index (χ3v) is 4.26. The second-order valence-corrected chi connectivity index (χ2v) is 5.77. The molecule has 1 aromatic carbocycles. The van der Waals surface area contributed by atoms with E-state index in [1.54, 1.807) is 4.90 Å². The fraction of sp³-hybridized carbons (Fsp3) is 0.500. The minimum atomic E-state index is -0.0412. The van der Waals surface area contributed by atoms with E-state index in [9.17, 15) is 9.59 Å². The molecule has 22 heavy (non-hydrogen) atoms. The molecule has 2 saturated heterocycles. The number of hydrogen-bond acceptors (Lipinski definition) is 4. The molecule has 118 valence electrons. The van der Waals surface area contributed by atoms with Crippen LogP contribution in [0.2, 0.25) is 0 Å². The summed E-state index contributed by atoms with van der Waals surface area (Å²) < 4.78 is 5.12. The van der Waals surface area contributed by atoms with Gasteiger partial charge in [-0.3, -0.25) is 14.5 Å². The van der Waals surface area contributed by atoms with Crippen LogP contribution in [0, 0.1) is 0 Å². The third-order valence-electron chi connectivity index (χ3n) is 4.26. The Morgan fingerprint density at radius 1 is 1.27 bits per heavy atom. The van der Waals surface area contributed by atoms with E-state index >= 15 is 0 Å². The molecule has 0 saturated carbocycles. The number of morpholine rings is 1. The lowest BCUT2D eigenvalue weighted by Crippen LogP contribution is -2.41. The van der Waals surface area contributed by atoms with Gasteiger partial charge in [-0.15, -0.1) is 0 Å². The molecule has 1 atom stereocenters. The molecule has 2 aliphatic rings. The van der Waals surface area contributed by atoms with Gasteiger partial charge in [0.05, 0.1) is 12.6 Å². The Labute approximate surface area is 130 Å². The number of likely N-dealkylation sites (N-methyl/N-ethyl adjacent to an activating group) is 1. The van der Waals surface area contributed by atoms with E-state index in [4.69, 9.17) is 4.74 Å². The molecule has 1 unspecified atom stereocenters. The lowest BCUT2D eigenvalue weighted by molar-refractivity contribution is -0.125. The first kappa shape index (κ1) is 15.0. The van der Waals surface area contributed by atoms with Crippen molar-refractivity contribution in [3.05, 3.63) is 24.3 Å². The Morgan fingerprint density at radius 2 is 2.05 bits per heavy atom. The average Bonchev–Trinajstić information content (AvgIpc) is 2.95. The number of likely N-dealkylation sites (tertiary alicyclic amines) is 1. The molecule has 0 aliphatic carbocycles. The first-order valence-electron chi connectivity index (χ1n) is 7.64. The molecule has 6 nitrogen and oxygen atoms in total. The molecule has 3 rings (SSSR count). The van der Waals surface area contributed by atoms with Crippen LogP contribution in [0.3, 0.4) is 0 Å². The normalized spacial score (nSPS) is 22.9. The number of ether oxygens (including phenoxy) is 1. The van der Waals surface area contributed by atoms with Gasteiger partial charge in [0.15, 0.2) is 0 Å². The Bertz CT molecular complexity index is 558. The van der Waals surface area contributed by atoms with Crippen LogP contribution >= 0.6 is 0 Å². The Hall–Kier alpha value is -1.92. The molecule has 2 amide bonds. The lowest BCUT2D eigenvalue weighted by Gasteiger charge is -2.27. The van der Waals surface area contributed by atoms with E-state index in [2.05, 4.69) is 10.2 Å². The van der Waals surface area contributed by atoms with E-state index in [1.165, 1.54) is 0 Å². The highest BCUT2D eigenvalue weighted by Crippen LogP contribution is 2.21. The molecule has 0 bridgehead atoms. The zero-order valence-corrected chi connectivity index (χ0v) is 12.7. The van der Waals surface area contributed by atoms with Gasteiger partial charge < -0.3 is 15.0 Å². The van der Waals surface area contributed by atoms with Gasteiger partial charge in [-0.25, -0.2) is 0 Å². The monoisotopic (exact) mass is 303 g/mol. The molecule has 1 N–H and O–H groups in total. The predicted octanol–water partition coefficient (Wildman–Crippen LogP) is 1.08. The summed E-state index contributed by atoms with van der Waals surface area (Å²) in [7, 11) is 1.98. The van der Waals surface area contributed by atoms with Gasteiger partial charge in [-0.05, 0) is 50.7 Å². The van der Waals surface area contributed by atoms with Gasteiger partial charge in [-0.1, -0.05) is 0 Å². The number of carbonyl (C=O) groups excluding carboxylic acids is 2. The molecule has 2 fully saturated rings. The van der Waals surface area contributed by atoms with Gasteiger partial charge in [0.25, 0.3) is 5.91 Å². The van der Waals surface area contributed by atoms with Crippen LogP contribution in [-0.4, -0.2) is 56.1 Å². The number of carbonyl (C=O) groups is 2. The first-order valence-corrected chi connectivity index (χ1v) is 7.64. The summed E-state index contributed by atoms with van der Waals surface area (Å²) in [4.78, 5) is 27.8. The standard InChI is InChI=1S/C16H21N3O3/c1-18-8-2-3-14(18)16(21)17-12-4-6-13(7-5-12)19-9-10-22-11-15(19)20/h4-7,14H,2-3,8-11H2,1H3,(H,17,21). The molecular weight excluding hydrogens is 282 g/mol. The fourth-order valence-corrected chi connectivity index (χ4v) is 2.98. The summed E-state index contributed by atoms with van der Waals surface area (Å²) in [6.45, 7) is 2.22. The molecule has 2 heterocycles. The molecule has 0 spiro atoms. The minimum absolute atomic E-state index is 0.0318. The highest BCUT2D eigenvalue weighted by molar-refractivity contribution is 5.97. The molecule has 1 aromatic rings. The van der Waals surface area contributed by atoms with Crippen molar-refractivity contribution in [2.24, 2.45) is 0 Å². The van der Waals surface area contributed by atoms with Crippen molar-refractivity contribution < 1.29 is 14.3 Å². The summed E-state index contributed by atoms with van der Waals surface area (Å²) in [5.41, 5.74) is 1.60. The molecule has 0 radical (unpaired) electrons. The van der Waals surface area contributed by atoms with E-state index in [0.29, 0.717) is 13.2 Å². The van der Waals surface area contributed by atoms with Gasteiger partial charge in [0, 0.05) is 17.9 Å². The molecule has 0 aromatic heterocycles. The van der Waals surface area contributed by atoms with Gasteiger partial charge in [0.1, 0.15) is 6.61 Å². The van der Waals surface area contributed by atoms with Crippen LogP contribution in [0.15, 0.2) is 24.3 Å². The van der Waals surface area contributed by atoms with Crippen LogP contribution in [0.25, 0.3) is 0 Å². The number of nitrogens with one attached hydrogen (secondary N) is 1. The maximum atomic E-state index is 12.2. The van der Waals surface area contributed by atoms with Crippen molar-refractivity contribution in [1.29, 1.82) is 0 Å². The van der Waals surface area contributed by atoms with Crippen LogP contribution in [-0.2, 0) is 14.3 Å². The van der Waals surface area contributed by atoms with Crippen LogP contribution in [0.5, 0.6) is 0 Å². The summed E-state index contributed by atoms with van der Waals surface area (Å²) in [6, 6.07) is 7.35. The van der Waals surface area contributed by atoms with E-state index < -0.39 is 0 Å². The highest BCUT2D eigenvalue weighted by Gasteiger charge is 2.27. The lowest BCUT2D eigenvalue weighted by atomic mass is 10.2. The minimum Gasteiger partial charge on any atom is -0.370 e. The number of benzene rings is 1. The second kappa shape index (κ2) is 6.46. The SMILES string of the molecule is CN1CCCC1C(=O)Nc1ccc(N2CCOCC2=O)cc1. The first-order chi connectivity index (χ1) is 10.6. The number of rotatable bonds is 3. The summed E-state index contributed by atoms with van der Waals surface area (Å²) in [5.74, 6) is 0.00538. The van der Waals surface area contributed by atoms with Crippen molar-refractivity contribution in [1.82, 2.24) is 4.90 Å². The zero-order chi connectivity index (χ0) is 15.5. The number of anilines is 2. The summed E-state index contributed by atoms with van der Waals surface area (Å²) in [6.07, 6.45) is 1.97. The van der Waals surface area contributed by atoms with E-state index in [-0.39, 0.29) is 24.5 Å². The Morgan fingerprint density at radius 3 is 2.68 bits per heavy atom. The largest absolute Gasteiger partial charge is 0.370 e. The Balaban J connectivity index is 1.64. The van der Waals surface area contributed by atoms with Crippen molar-refractivity contribution >= 4 is 23.2 Å². The fourth-order valence-electron chi connectivity index (χ4n) is 2.98. The number of nitrogens with zero attached hydrogens (tertiary/aromatic N) is 2. The quantitative estimate of drug-likeness (QED) is 0.908. The van der Waals surface area contributed by atoms with Crippen molar-refractivity contribution in [2.45, 2.75) is 18.9 Å². The number of amides is 2. The van der Waals surface area contributed by atoms with Gasteiger partial charge in [-0.2, -0.15) is 0 Å². The molecule has 2 aliphatic heterocycles. The summed E-state index contributed by atoms with van der Waals surface area (Å²) >= 11 is 0. The maximum absolute atomic E-state index is 12.2. The third kappa shape index (κ3) is 3.13. The highest BCUT2D eigenvalue weighted by atomic mass is 16.5. The summed E-state index contributed by atoms with van der Waals surface area (Å²) in [5, 5.41) is 2.95. The second-order valence-electron chi connectivity index (χ2n) is 5.77. The van der Waals surface area contributed by atoms with E-state index in [0.717, 1.165) is 30.8 Å². The maximum Gasteiger partial charge on any atom is 0.253 e. The number of hydrogen-bond donors (Lipinski definition) is 1. The molecule has 6 heteroatoms. The van der Waals surface area contributed by atoms with Crippen LogP contribution in [0.4, 0.5) is 11.4 Å². The van der Waals surface area contributed by atoms with Crippen LogP contribution in [0.1, 0.15) is 12.8 Å². The van der Waals surface area contributed by atoms with Crippen molar-refractivity contribution in [3.8, 4) is 0 Å². The predicted molar refractivity (Wildman–Crippen MR) is 83.9 cm³/mol. The topological polar surface area (TPSA) is 61.9 Å². The smallest absolute Gasteiger partial charge is 0.253 e. The van der Waals surface area contributed by atoms with Gasteiger partial charge >= 0.3 is 0 Å². The molecular formula is C16H21N3O3. The van der Waals surface area contributed by atoms with E-state index in [1.807, 2.05) is 31.3 Å².